The van der Waals surface area contributed by atoms with Crippen molar-refractivity contribution in [1.29, 1.82) is 0 Å². The molecular weight excluding hydrogens is 353 g/mol. The lowest BCUT2D eigenvalue weighted by molar-refractivity contribution is 0.102. The summed E-state index contributed by atoms with van der Waals surface area (Å²) >= 11 is 1.19. The largest absolute Gasteiger partial charge is 0.361 e. The second-order valence-electron chi connectivity index (χ2n) is 6.59. The van der Waals surface area contributed by atoms with E-state index in [1.165, 1.54) is 17.4 Å². The van der Waals surface area contributed by atoms with Crippen LogP contribution in [0.3, 0.4) is 0 Å². The number of carbonyl (C=O) groups excluding carboxylic acids is 1. The SMILES string of the molecule is CC1CN(c2cc(F)c(C(=O)Nc3ccc4cn(C)nc4c3)s2)CCN1. The number of fused-ring (bicyclic) bond motifs is 1. The Balaban J connectivity index is 1.53. The second kappa shape index (κ2) is 6.69. The van der Waals surface area contributed by atoms with Gasteiger partial charge in [-0.1, -0.05) is 0 Å². The molecule has 3 heterocycles. The smallest absolute Gasteiger partial charge is 0.268 e. The van der Waals surface area contributed by atoms with Crippen LogP contribution in [0, 0.1) is 5.82 Å². The number of aryl methyl sites for hydroxylation is 1. The number of hydrogen-bond donors (Lipinski definition) is 2. The van der Waals surface area contributed by atoms with Crippen molar-refractivity contribution >= 4 is 38.8 Å². The van der Waals surface area contributed by atoms with E-state index in [0.29, 0.717) is 11.7 Å². The number of amides is 1. The number of thiophene rings is 1. The normalized spacial score (nSPS) is 17.7. The molecule has 1 aromatic carbocycles. The van der Waals surface area contributed by atoms with Gasteiger partial charge in [-0.05, 0) is 25.1 Å². The van der Waals surface area contributed by atoms with Crippen molar-refractivity contribution in [3.8, 4) is 0 Å². The Hall–Kier alpha value is -2.45. The Bertz CT molecular complexity index is 966. The standard InChI is InChI=1S/C18H20FN5OS/c1-11-9-24(6-5-20-11)16-8-14(19)17(26-16)18(25)21-13-4-3-12-10-23(2)22-15(12)7-13/h3-4,7-8,10-11,20H,5-6,9H2,1-2H3,(H,21,25). The molecule has 0 bridgehead atoms. The average Bonchev–Trinajstić information content (AvgIpc) is 3.16. The van der Waals surface area contributed by atoms with E-state index >= 15 is 0 Å². The van der Waals surface area contributed by atoms with Crippen LogP contribution in [0.5, 0.6) is 0 Å². The quantitative estimate of drug-likeness (QED) is 0.741. The lowest BCUT2D eigenvalue weighted by Crippen LogP contribution is -2.49. The molecule has 1 aliphatic rings. The highest BCUT2D eigenvalue weighted by Gasteiger charge is 2.22. The molecule has 1 atom stereocenters. The Morgan fingerprint density at radius 3 is 3.08 bits per heavy atom. The first-order valence-electron chi connectivity index (χ1n) is 8.52. The fourth-order valence-corrected chi connectivity index (χ4v) is 4.17. The molecule has 0 spiro atoms. The Morgan fingerprint density at radius 2 is 2.27 bits per heavy atom. The molecule has 3 aromatic rings. The first-order chi connectivity index (χ1) is 12.5. The summed E-state index contributed by atoms with van der Waals surface area (Å²) in [5.41, 5.74) is 1.39. The number of carbonyl (C=O) groups is 1. The third kappa shape index (κ3) is 3.30. The Labute approximate surface area is 154 Å². The Kier molecular flexibility index (Phi) is 4.37. The maximum Gasteiger partial charge on any atom is 0.268 e. The van der Waals surface area contributed by atoms with Crippen molar-refractivity contribution in [2.45, 2.75) is 13.0 Å². The molecular formula is C18H20FN5OS. The average molecular weight is 373 g/mol. The van der Waals surface area contributed by atoms with Crippen LogP contribution >= 0.6 is 11.3 Å². The summed E-state index contributed by atoms with van der Waals surface area (Å²) < 4.78 is 16.1. The number of piperazine rings is 1. The monoisotopic (exact) mass is 373 g/mol. The highest BCUT2D eigenvalue weighted by atomic mass is 32.1. The van der Waals surface area contributed by atoms with Gasteiger partial charge >= 0.3 is 0 Å². The van der Waals surface area contributed by atoms with E-state index in [1.807, 2.05) is 19.3 Å². The molecule has 1 unspecified atom stereocenters. The van der Waals surface area contributed by atoms with E-state index in [0.717, 1.165) is 35.5 Å². The van der Waals surface area contributed by atoms with E-state index in [1.54, 1.807) is 16.8 Å². The van der Waals surface area contributed by atoms with Crippen LogP contribution in [0.4, 0.5) is 15.1 Å². The molecule has 1 saturated heterocycles. The number of rotatable bonds is 3. The van der Waals surface area contributed by atoms with Gasteiger partial charge in [0.25, 0.3) is 5.91 Å². The molecule has 0 aliphatic carbocycles. The number of aromatic nitrogens is 2. The third-order valence-electron chi connectivity index (χ3n) is 4.44. The molecule has 8 heteroatoms. The van der Waals surface area contributed by atoms with E-state index in [9.17, 15) is 9.18 Å². The van der Waals surface area contributed by atoms with Gasteiger partial charge in [0.15, 0.2) is 0 Å². The lowest BCUT2D eigenvalue weighted by Gasteiger charge is -2.32. The molecule has 26 heavy (non-hydrogen) atoms. The van der Waals surface area contributed by atoms with Crippen LogP contribution in [0.2, 0.25) is 0 Å². The summed E-state index contributed by atoms with van der Waals surface area (Å²) in [5.74, 6) is -0.912. The minimum atomic E-state index is -0.479. The molecule has 0 radical (unpaired) electrons. The van der Waals surface area contributed by atoms with Gasteiger partial charge in [0, 0.05) is 56.1 Å². The van der Waals surface area contributed by atoms with Crippen LogP contribution in [-0.4, -0.2) is 41.4 Å². The number of hydrogen-bond acceptors (Lipinski definition) is 5. The van der Waals surface area contributed by atoms with Crippen molar-refractivity contribution < 1.29 is 9.18 Å². The van der Waals surface area contributed by atoms with E-state index in [2.05, 4.69) is 27.6 Å². The number of anilines is 2. The van der Waals surface area contributed by atoms with Gasteiger partial charge in [-0.3, -0.25) is 9.48 Å². The maximum atomic E-state index is 14.4. The first-order valence-corrected chi connectivity index (χ1v) is 9.33. The minimum absolute atomic E-state index is 0.104. The minimum Gasteiger partial charge on any atom is -0.361 e. The number of nitrogens with one attached hydrogen (secondary N) is 2. The Morgan fingerprint density at radius 1 is 1.42 bits per heavy atom. The van der Waals surface area contributed by atoms with Crippen LogP contribution in [0.1, 0.15) is 16.6 Å². The summed E-state index contributed by atoms with van der Waals surface area (Å²) in [5, 5.41) is 12.2. The fraction of sp³-hybridized carbons (Fsp3) is 0.333. The zero-order valence-corrected chi connectivity index (χ0v) is 15.4. The van der Waals surface area contributed by atoms with Gasteiger partial charge in [-0.2, -0.15) is 5.10 Å². The number of nitrogens with zero attached hydrogens (tertiary/aromatic N) is 3. The fourth-order valence-electron chi connectivity index (χ4n) is 3.21. The van der Waals surface area contributed by atoms with E-state index in [4.69, 9.17) is 0 Å². The maximum absolute atomic E-state index is 14.4. The summed E-state index contributed by atoms with van der Waals surface area (Å²) in [6, 6.07) is 7.27. The van der Waals surface area contributed by atoms with Crippen LogP contribution in [0.15, 0.2) is 30.5 Å². The topological polar surface area (TPSA) is 62.2 Å². The van der Waals surface area contributed by atoms with E-state index < -0.39 is 11.7 Å². The molecule has 1 fully saturated rings. The third-order valence-corrected chi connectivity index (χ3v) is 5.61. The van der Waals surface area contributed by atoms with Gasteiger partial charge in [0.2, 0.25) is 0 Å². The van der Waals surface area contributed by atoms with Gasteiger partial charge < -0.3 is 15.5 Å². The van der Waals surface area contributed by atoms with Crippen molar-refractivity contribution in [2.75, 3.05) is 29.9 Å². The van der Waals surface area contributed by atoms with Crippen molar-refractivity contribution in [2.24, 2.45) is 7.05 Å². The van der Waals surface area contributed by atoms with E-state index in [-0.39, 0.29) is 4.88 Å². The molecule has 1 amide bonds. The summed E-state index contributed by atoms with van der Waals surface area (Å²) in [4.78, 5) is 14.8. The highest BCUT2D eigenvalue weighted by molar-refractivity contribution is 7.18. The van der Waals surface area contributed by atoms with Gasteiger partial charge in [0.05, 0.1) is 10.5 Å². The van der Waals surface area contributed by atoms with Crippen molar-refractivity contribution in [3.05, 3.63) is 41.2 Å². The van der Waals surface area contributed by atoms with Gasteiger partial charge in [0.1, 0.15) is 10.7 Å². The predicted octanol–water partition coefficient (Wildman–Crippen LogP) is 2.82. The molecule has 4 rings (SSSR count). The lowest BCUT2D eigenvalue weighted by atomic mass is 10.2. The van der Waals surface area contributed by atoms with Crippen LogP contribution < -0.4 is 15.5 Å². The summed E-state index contributed by atoms with van der Waals surface area (Å²) in [7, 11) is 1.85. The van der Waals surface area contributed by atoms with Crippen LogP contribution in [0.25, 0.3) is 10.9 Å². The number of benzene rings is 1. The molecule has 2 aromatic heterocycles. The first kappa shape index (κ1) is 17.0. The zero-order valence-electron chi connectivity index (χ0n) is 14.6. The van der Waals surface area contributed by atoms with Crippen molar-refractivity contribution in [3.63, 3.8) is 0 Å². The summed E-state index contributed by atoms with van der Waals surface area (Å²) in [6.45, 7) is 4.56. The highest BCUT2D eigenvalue weighted by Crippen LogP contribution is 2.31. The molecule has 1 aliphatic heterocycles. The predicted molar refractivity (Wildman–Crippen MR) is 103 cm³/mol. The molecule has 136 valence electrons. The molecule has 6 nitrogen and oxygen atoms in total. The zero-order chi connectivity index (χ0) is 18.3. The summed E-state index contributed by atoms with van der Waals surface area (Å²) in [6.07, 6.45) is 1.90. The molecule has 2 N–H and O–H groups in total. The second-order valence-corrected chi connectivity index (χ2v) is 7.62. The van der Waals surface area contributed by atoms with Gasteiger partial charge in [-0.15, -0.1) is 11.3 Å². The number of halogens is 1. The van der Waals surface area contributed by atoms with Crippen molar-refractivity contribution in [1.82, 2.24) is 15.1 Å². The van der Waals surface area contributed by atoms with Gasteiger partial charge in [-0.25, -0.2) is 4.39 Å². The van der Waals surface area contributed by atoms with Crippen LogP contribution in [-0.2, 0) is 7.05 Å². The molecule has 0 saturated carbocycles.